The second-order valence-electron chi connectivity index (χ2n) is 3.40. The van der Waals surface area contributed by atoms with Crippen molar-refractivity contribution in [2.24, 2.45) is 0 Å². The molecule has 0 aliphatic carbocycles. The van der Waals surface area contributed by atoms with E-state index < -0.39 is 11.6 Å². The number of benzene rings is 1. The third kappa shape index (κ3) is 4.06. The van der Waals surface area contributed by atoms with Crippen molar-refractivity contribution in [2.75, 3.05) is 13.2 Å². The van der Waals surface area contributed by atoms with Crippen molar-refractivity contribution in [3.8, 4) is 0 Å². The Morgan fingerprint density at radius 3 is 2.81 bits per heavy atom. The Balaban J connectivity index is 2.52. The molecular formula is C12H14F2O2. The molecule has 1 rings (SSSR count). The van der Waals surface area contributed by atoms with Crippen LogP contribution < -0.4 is 0 Å². The summed E-state index contributed by atoms with van der Waals surface area (Å²) in [6.45, 7) is 2.70. The maximum Gasteiger partial charge on any atom is 0.139 e. The Bertz CT molecular complexity index is 364. The van der Waals surface area contributed by atoms with Crippen LogP contribution in [0.3, 0.4) is 0 Å². The van der Waals surface area contributed by atoms with E-state index >= 15 is 0 Å². The van der Waals surface area contributed by atoms with E-state index in [0.29, 0.717) is 13.2 Å². The normalized spacial score (nSPS) is 10.4. The van der Waals surface area contributed by atoms with E-state index in [0.717, 1.165) is 18.2 Å². The van der Waals surface area contributed by atoms with Crippen LogP contribution in [0.5, 0.6) is 0 Å². The molecule has 0 unspecified atom stereocenters. The first-order chi connectivity index (χ1) is 7.63. The number of Topliss-reactive ketones (excluding diaryl/α,β-unsaturated/α-hetero) is 1. The first kappa shape index (κ1) is 12.8. The molecule has 1 aromatic carbocycles. The van der Waals surface area contributed by atoms with Crippen molar-refractivity contribution >= 4 is 5.78 Å². The maximum atomic E-state index is 13.2. The fourth-order valence-electron chi connectivity index (χ4n) is 1.31. The lowest BCUT2D eigenvalue weighted by Gasteiger charge is -2.03. The van der Waals surface area contributed by atoms with Gasteiger partial charge in [0.25, 0.3) is 0 Å². The second kappa shape index (κ2) is 6.33. The van der Waals surface area contributed by atoms with Gasteiger partial charge in [-0.25, -0.2) is 8.78 Å². The van der Waals surface area contributed by atoms with E-state index in [1.807, 2.05) is 6.92 Å². The van der Waals surface area contributed by atoms with Crippen molar-refractivity contribution < 1.29 is 18.3 Å². The Kier molecular flexibility index (Phi) is 5.05. The molecule has 2 nitrogen and oxygen atoms in total. The molecule has 0 N–H and O–H groups in total. The van der Waals surface area contributed by atoms with Crippen LogP contribution in [0.1, 0.15) is 18.9 Å². The number of halogens is 2. The van der Waals surface area contributed by atoms with E-state index in [1.54, 1.807) is 0 Å². The van der Waals surface area contributed by atoms with Gasteiger partial charge in [-0.3, -0.25) is 4.79 Å². The summed E-state index contributed by atoms with van der Waals surface area (Å²) in [4.78, 5) is 11.4. The standard InChI is InChI=1S/C12H14F2O2/c1-2-16-6-5-11(15)8-9-7-10(13)3-4-12(9)14/h3-4,7H,2,5-6,8H2,1H3. The third-order valence-corrected chi connectivity index (χ3v) is 2.12. The Morgan fingerprint density at radius 2 is 2.12 bits per heavy atom. The van der Waals surface area contributed by atoms with Crippen LogP contribution in [-0.2, 0) is 16.0 Å². The van der Waals surface area contributed by atoms with Crippen molar-refractivity contribution in [1.82, 2.24) is 0 Å². The quantitative estimate of drug-likeness (QED) is 0.699. The molecule has 0 saturated heterocycles. The van der Waals surface area contributed by atoms with Crippen molar-refractivity contribution in [2.45, 2.75) is 19.8 Å². The monoisotopic (exact) mass is 228 g/mol. The summed E-state index contributed by atoms with van der Waals surface area (Å²) in [7, 11) is 0. The van der Waals surface area contributed by atoms with Crippen LogP contribution in [0.4, 0.5) is 8.78 Å². The summed E-state index contributed by atoms with van der Waals surface area (Å²) in [6, 6.07) is 3.11. The highest BCUT2D eigenvalue weighted by molar-refractivity contribution is 5.80. The highest BCUT2D eigenvalue weighted by Crippen LogP contribution is 2.11. The average Bonchev–Trinajstić information content (AvgIpc) is 2.24. The highest BCUT2D eigenvalue weighted by Gasteiger charge is 2.09. The molecule has 0 bridgehead atoms. The average molecular weight is 228 g/mol. The van der Waals surface area contributed by atoms with Crippen LogP contribution in [0.15, 0.2) is 18.2 Å². The predicted octanol–water partition coefficient (Wildman–Crippen LogP) is 2.50. The Labute approximate surface area is 93.2 Å². The second-order valence-corrected chi connectivity index (χ2v) is 3.40. The summed E-state index contributed by atoms with van der Waals surface area (Å²) in [5, 5.41) is 0. The van der Waals surface area contributed by atoms with Gasteiger partial charge >= 0.3 is 0 Å². The zero-order chi connectivity index (χ0) is 12.0. The molecule has 0 aliphatic rings. The molecule has 0 heterocycles. The largest absolute Gasteiger partial charge is 0.381 e. The molecule has 0 spiro atoms. The van der Waals surface area contributed by atoms with Crippen LogP contribution in [0.2, 0.25) is 0 Å². The van der Waals surface area contributed by atoms with Gasteiger partial charge in [-0.15, -0.1) is 0 Å². The van der Waals surface area contributed by atoms with Gasteiger partial charge in [0.05, 0.1) is 6.61 Å². The van der Waals surface area contributed by atoms with E-state index in [4.69, 9.17) is 4.74 Å². The number of hydrogen-bond donors (Lipinski definition) is 0. The molecule has 1 aromatic rings. The minimum Gasteiger partial charge on any atom is -0.381 e. The number of hydrogen-bond acceptors (Lipinski definition) is 2. The minimum absolute atomic E-state index is 0.0866. The van der Waals surface area contributed by atoms with Crippen LogP contribution in [0.25, 0.3) is 0 Å². The Hall–Kier alpha value is -1.29. The molecule has 0 atom stereocenters. The summed E-state index contributed by atoms with van der Waals surface area (Å²) < 4.78 is 31.0. The summed E-state index contributed by atoms with van der Waals surface area (Å²) in [5.41, 5.74) is 0.0986. The van der Waals surface area contributed by atoms with Gasteiger partial charge in [0.15, 0.2) is 0 Å². The van der Waals surface area contributed by atoms with Crippen LogP contribution in [-0.4, -0.2) is 19.0 Å². The number of rotatable bonds is 6. The summed E-state index contributed by atoms with van der Waals surface area (Å²) >= 11 is 0. The molecular weight excluding hydrogens is 214 g/mol. The predicted molar refractivity (Wildman–Crippen MR) is 56.2 cm³/mol. The topological polar surface area (TPSA) is 26.3 Å². The smallest absolute Gasteiger partial charge is 0.139 e. The van der Waals surface area contributed by atoms with Gasteiger partial charge in [0, 0.05) is 19.4 Å². The van der Waals surface area contributed by atoms with Gasteiger partial charge in [-0.05, 0) is 30.7 Å². The number of ether oxygens (including phenoxy) is 1. The number of carbonyl (C=O) groups excluding carboxylic acids is 1. The lowest BCUT2D eigenvalue weighted by molar-refractivity contribution is -0.119. The molecule has 0 amide bonds. The first-order valence-corrected chi connectivity index (χ1v) is 5.17. The van der Waals surface area contributed by atoms with Crippen molar-refractivity contribution in [3.63, 3.8) is 0 Å². The number of ketones is 1. The fourth-order valence-corrected chi connectivity index (χ4v) is 1.31. The molecule has 16 heavy (non-hydrogen) atoms. The van der Waals surface area contributed by atoms with E-state index in [-0.39, 0.29) is 24.2 Å². The summed E-state index contributed by atoms with van der Waals surface area (Å²) in [6.07, 6.45) is 0.139. The molecule has 88 valence electrons. The van der Waals surface area contributed by atoms with Crippen LogP contribution >= 0.6 is 0 Å². The molecule has 0 radical (unpaired) electrons. The van der Waals surface area contributed by atoms with Gasteiger partial charge in [-0.1, -0.05) is 0 Å². The van der Waals surface area contributed by atoms with Crippen molar-refractivity contribution in [3.05, 3.63) is 35.4 Å². The lowest BCUT2D eigenvalue weighted by atomic mass is 10.1. The van der Waals surface area contributed by atoms with E-state index in [1.165, 1.54) is 0 Å². The first-order valence-electron chi connectivity index (χ1n) is 5.17. The molecule has 0 aromatic heterocycles. The van der Waals surface area contributed by atoms with Gasteiger partial charge in [0.1, 0.15) is 17.4 Å². The zero-order valence-electron chi connectivity index (χ0n) is 9.13. The van der Waals surface area contributed by atoms with Gasteiger partial charge in [-0.2, -0.15) is 0 Å². The fraction of sp³-hybridized carbons (Fsp3) is 0.417. The van der Waals surface area contributed by atoms with Gasteiger partial charge in [0.2, 0.25) is 0 Å². The minimum atomic E-state index is -0.550. The Morgan fingerprint density at radius 1 is 1.38 bits per heavy atom. The van der Waals surface area contributed by atoms with E-state index in [9.17, 15) is 13.6 Å². The van der Waals surface area contributed by atoms with Crippen molar-refractivity contribution in [1.29, 1.82) is 0 Å². The lowest BCUT2D eigenvalue weighted by Crippen LogP contribution is -2.08. The SMILES string of the molecule is CCOCCC(=O)Cc1cc(F)ccc1F. The maximum absolute atomic E-state index is 13.2. The summed E-state index contributed by atoms with van der Waals surface area (Å²) in [5.74, 6) is -1.24. The highest BCUT2D eigenvalue weighted by atomic mass is 19.1. The van der Waals surface area contributed by atoms with Crippen LogP contribution in [0, 0.1) is 11.6 Å². The molecule has 0 fully saturated rings. The molecule has 0 saturated carbocycles. The zero-order valence-corrected chi connectivity index (χ0v) is 9.13. The number of carbonyl (C=O) groups is 1. The molecule has 0 aliphatic heterocycles. The third-order valence-electron chi connectivity index (χ3n) is 2.12. The van der Waals surface area contributed by atoms with Gasteiger partial charge < -0.3 is 4.74 Å². The van der Waals surface area contributed by atoms with E-state index in [2.05, 4.69) is 0 Å². The molecule has 4 heteroatoms.